The molecule has 0 unspecified atom stereocenters. The van der Waals surface area contributed by atoms with E-state index < -0.39 is 0 Å². The van der Waals surface area contributed by atoms with Crippen LogP contribution in [0.4, 0.5) is 10.7 Å². The molecule has 0 aliphatic heterocycles. The predicted molar refractivity (Wildman–Crippen MR) is 78.9 cm³/mol. The van der Waals surface area contributed by atoms with Gasteiger partial charge in [-0.2, -0.15) is 0 Å². The average molecular weight is 266 g/mol. The van der Waals surface area contributed by atoms with Crippen molar-refractivity contribution in [1.82, 2.24) is 0 Å². The number of anilines is 2. The van der Waals surface area contributed by atoms with Crippen molar-refractivity contribution in [3.05, 3.63) is 10.4 Å². The Morgan fingerprint density at radius 2 is 2.17 bits per heavy atom. The van der Waals surface area contributed by atoms with E-state index in [0.717, 1.165) is 17.1 Å². The van der Waals surface area contributed by atoms with Crippen LogP contribution in [0.1, 0.15) is 60.7 Å². The highest BCUT2D eigenvalue weighted by atomic mass is 32.1. The summed E-state index contributed by atoms with van der Waals surface area (Å²) in [6, 6.07) is 0. The molecule has 2 rings (SSSR count). The predicted octanol–water partition coefficient (Wildman–Crippen LogP) is 3.65. The number of rotatable bonds is 6. The number of thiophene rings is 1. The summed E-state index contributed by atoms with van der Waals surface area (Å²) in [5.74, 6) is 0.683. The highest BCUT2D eigenvalue weighted by Gasteiger charge is 2.33. The minimum absolute atomic E-state index is 0.0922. The van der Waals surface area contributed by atoms with E-state index in [9.17, 15) is 4.79 Å². The van der Waals surface area contributed by atoms with Crippen molar-refractivity contribution in [2.75, 3.05) is 24.2 Å². The van der Waals surface area contributed by atoms with Gasteiger partial charge >= 0.3 is 0 Å². The molecule has 4 heteroatoms. The first-order chi connectivity index (χ1) is 8.56. The van der Waals surface area contributed by atoms with Crippen LogP contribution >= 0.6 is 11.3 Å². The largest absolute Gasteiger partial charge is 0.397 e. The number of carbonyl (C=O) groups is 1. The smallest absolute Gasteiger partial charge is 0.171 e. The molecule has 1 aliphatic rings. The Balaban J connectivity index is 2.32. The van der Waals surface area contributed by atoms with Gasteiger partial charge in [0.2, 0.25) is 0 Å². The third-order valence-corrected chi connectivity index (χ3v) is 4.90. The number of ketones is 1. The van der Waals surface area contributed by atoms with Crippen molar-refractivity contribution >= 4 is 27.8 Å². The highest BCUT2D eigenvalue weighted by Crippen LogP contribution is 2.51. The van der Waals surface area contributed by atoms with Gasteiger partial charge in [-0.3, -0.25) is 4.79 Å². The Hall–Kier alpha value is -1.03. The summed E-state index contributed by atoms with van der Waals surface area (Å²) in [5.41, 5.74) is 8.16. The van der Waals surface area contributed by atoms with Gasteiger partial charge in [0.25, 0.3) is 0 Å². The fourth-order valence-electron chi connectivity index (χ4n) is 2.25. The lowest BCUT2D eigenvalue weighted by Crippen LogP contribution is -2.18. The van der Waals surface area contributed by atoms with Gasteiger partial charge in [0, 0.05) is 26.1 Å². The SMILES string of the molecule is CCCCN(C)c1sc(C(C)=O)c(N)c1C1CC1. The Morgan fingerprint density at radius 3 is 2.67 bits per heavy atom. The first-order valence-corrected chi connectivity index (χ1v) is 7.52. The Labute approximate surface area is 113 Å². The third kappa shape index (κ3) is 2.53. The van der Waals surface area contributed by atoms with Crippen molar-refractivity contribution in [2.45, 2.75) is 45.4 Å². The zero-order valence-corrected chi connectivity index (χ0v) is 12.3. The van der Waals surface area contributed by atoms with Crippen molar-refractivity contribution in [1.29, 1.82) is 0 Å². The lowest BCUT2D eigenvalue weighted by molar-refractivity contribution is 0.102. The van der Waals surface area contributed by atoms with Gasteiger partial charge in [-0.15, -0.1) is 11.3 Å². The Morgan fingerprint density at radius 1 is 1.50 bits per heavy atom. The van der Waals surface area contributed by atoms with E-state index in [1.807, 2.05) is 0 Å². The second-order valence-electron chi connectivity index (χ2n) is 5.17. The lowest BCUT2D eigenvalue weighted by Gasteiger charge is -2.19. The molecule has 1 aromatic rings. The first kappa shape index (κ1) is 13.4. The molecule has 0 bridgehead atoms. The molecular weight excluding hydrogens is 244 g/mol. The monoisotopic (exact) mass is 266 g/mol. The highest BCUT2D eigenvalue weighted by molar-refractivity contribution is 7.18. The summed E-state index contributed by atoms with van der Waals surface area (Å²) >= 11 is 1.57. The molecule has 1 saturated carbocycles. The molecular formula is C14H22N2OS. The number of nitrogen functional groups attached to an aromatic ring is 1. The zero-order valence-electron chi connectivity index (χ0n) is 11.5. The standard InChI is InChI=1S/C14H22N2OS/c1-4-5-8-16(3)14-11(10-6-7-10)12(15)13(18-14)9(2)17/h10H,4-8,15H2,1-3H3. The molecule has 0 spiro atoms. The molecule has 1 aliphatic carbocycles. The second kappa shape index (κ2) is 5.31. The summed E-state index contributed by atoms with van der Waals surface area (Å²) in [6.45, 7) is 4.83. The number of nitrogens with two attached hydrogens (primary N) is 1. The van der Waals surface area contributed by atoms with Crippen molar-refractivity contribution < 1.29 is 4.79 Å². The molecule has 18 heavy (non-hydrogen) atoms. The molecule has 100 valence electrons. The average Bonchev–Trinajstić information content (AvgIpc) is 3.09. The maximum atomic E-state index is 11.6. The summed E-state index contributed by atoms with van der Waals surface area (Å²) in [4.78, 5) is 14.6. The van der Waals surface area contributed by atoms with Crippen LogP contribution in [0.25, 0.3) is 0 Å². The zero-order chi connectivity index (χ0) is 13.3. The second-order valence-corrected chi connectivity index (χ2v) is 6.17. The molecule has 0 amide bonds. The number of hydrogen-bond donors (Lipinski definition) is 1. The van der Waals surface area contributed by atoms with Gasteiger partial charge in [0.1, 0.15) is 0 Å². The number of hydrogen-bond acceptors (Lipinski definition) is 4. The van der Waals surface area contributed by atoms with Gasteiger partial charge in [-0.05, 0) is 25.2 Å². The maximum Gasteiger partial charge on any atom is 0.171 e. The van der Waals surface area contributed by atoms with Crippen molar-refractivity contribution in [3.8, 4) is 0 Å². The van der Waals surface area contributed by atoms with Crippen LogP contribution in [0.3, 0.4) is 0 Å². The van der Waals surface area contributed by atoms with Crippen molar-refractivity contribution in [3.63, 3.8) is 0 Å². The Bertz CT molecular complexity index is 449. The van der Waals surface area contributed by atoms with Gasteiger partial charge < -0.3 is 10.6 Å². The summed E-state index contributed by atoms with van der Waals surface area (Å²) < 4.78 is 0. The molecule has 0 aromatic carbocycles. The molecule has 1 fully saturated rings. The van der Waals surface area contributed by atoms with E-state index in [0.29, 0.717) is 5.92 Å². The van der Waals surface area contributed by atoms with Gasteiger partial charge in [-0.25, -0.2) is 0 Å². The van der Waals surface area contributed by atoms with E-state index in [1.54, 1.807) is 18.3 Å². The summed E-state index contributed by atoms with van der Waals surface area (Å²) in [7, 11) is 2.11. The fourth-order valence-corrected chi connectivity index (χ4v) is 3.44. The van der Waals surface area contributed by atoms with Crippen LogP contribution < -0.4 is 10.6 Å². The molecule has 0 saturated heterocycles. The number of nitrogens with zero attached hydrogens (tertiary/aromatic N) is 1. The van der Waals surface area contributed by atoms with Gasteiger partial charge in [0.15, 0.2) is 5.78 Å². The van der Waals surface area contributed by atoms with Gasteiger partial charge in [0.05, 0.1) is 15.6 Å². The van der Waals surface area contributed by atoms with Crippen LogP contribution in [0.5, 0.6) is 0 Å². The van der Waals surface area contributed by atoms with Crippen molar-refractivity contribution in [2.24, 2.45) is 0 Å². The number of carbonyl (C=O) groups excluding carboxylic acids is 1. The molecule has 1 aromatic heterocycles. The molecule has 3 nitrogen and oxygen atoms in total. The van der Waals surface area contributed by atoms with E-state index in [4.69, 9.17) is 5.73 Å². The quantitative estimate of drug-likeness (QED) is 0.799. The van der Waals surface area contributed by atoms with Crippen LogP contribution in [-0.4, -0.2) is 19.4 Å². The van der Waals surface area contributed by atoms with E-state index >= 15 is 0 Å². The molecule has 0 atom stereocenters. The lowest BCUT2D eigenvalue weighted by atomic mass is 10.1. The van der Waals surface area contributed by atoms with Crippen LogP contribution in [0, 0.1) is 0 Å². The molecule has 1 heterocycles. The normalized spacial score (nSPS) is 14.8. The summed E-state index contributed by atoms with van der Waals surface area (Å²) in [6.07, 6.45) is 4.79. The topological polar surface area (TPSA) is 46.3 Å². The number of Topliss-reactive ketones (excluding diaryl/α,β-unsaturated/α-hetero) is 1. The van der Waals surface area contributed by atoms with Crippen LogP contribution in [-0.2, 0) is 0 Å². The minimum Gasteiger partial charge on any atom is -0.397 e. The summed E-state index contributed by atoms with van der Waals surface area (Å²) in [5, 5.41) is 1.22. The maximum absolute atomic E-state index is 11.6. The fraction of sp³-hybridized carbons (Fsp3) is 0.643. The van der Waals surface area contributed by atoms with E-state index in [1.165, 1.54) is 36.2 Å². The van der Waals surface area contributed by atoms with Gasteiger partial charge in [-0.1, -0.05) is 13.3 Å². The van der Waals surface area contributed by atoms with E-state index in [2.05, 4.69) is 18.9 Å². The van der Waals surface area contributed by atoms with E-state index in [-0.39, 0.29) is 5.78 Å². The minimum atomic E-state index is 0.0922. The first-order valence-electron chi connectivity index (χ1n) is 6.70. The Kier molecular flexibility index (Phi) is 3.95. The third-order valence-electron chi connectivity index (χ3n) is 3.46. The van der Waals surface area contributed by atoms with Crippen LogP contribution in [0.2, 0.25) is 0 Å². The van der Waals surface area contributed by atoms with Crippen LogP contribution in [0.15, 0.2) is 0 Å². The number of unbranched alkanes of at least 4 members (excludes halogenated alkanes) is 1. The molecule has 2 N–H and O–H groups in total. The molecule has 0 radical (unpaired) electrons.